The van der Waals surface area contributed by atoms with Crippen LogP contribution in [0.5, 0.6) is 0 Å². The second-order valence-electron chi connectivity index (χ2n) is 0.984. The smallest absolute Gasteiger partial charge is 0.212 e. The van der Waals surface area contributed by atoms with E-state index in [-0.39, 0.29) is 22.3 Å². The van der Waals surface area contributed by atoms with Gasteiger partial charge in [-0.1, -0.05) is 0 Å². The minimum atomic E-state index is -1.79. The van der Waals surface area contributed by atoms with E-state index in [2.05, 4.69) is 0 Å². The predicted molar refractivity (Wildman–Crippen MR) is 28.6 cm³/mol. The molecule has 0 heterocycles. The lowest BCUT2D eigenvalue weighted by Gasteiger charge is -1.90. The van der Waals surface area contributed by atoms with Crippen molar-refractivity contribution in [2.45, 2.75) is 13.2 Å². The molecule has 0 saturated carbocycles. The Labute approximate surface area is 57.3 Å². The van der Waals surface area contributed by atoms with Crippen LogP contribution in [0, 0.1) is 22.3 Å². The highest BCUT2D eigenvalue weighted by Crippen LogP contribution is 1.72. The van der Waals surface area contributed by atoms with Crippen molar-refractivity contribution in [1.82, 2.24) is 0 Å². The van der Waals surface area contributed by atoms with E-state index in [0.29, 0.717) is 0 Å². The molecule has 3 heteroatoms. The molecule has 0 rings (SSSR count). The van der Waals surface area contributed by atoms with E-state index in [1.54, 1.807) is 0 Å². The van der Waals surface area contributed by atoms with Gasteiger partial charge in [-0.3, -0.25) is 4.79 Å². The number of aliphatic hydroxyl groups excluding tert-OH is 1. The number of ketones is 1. The quantitative estimate of drug-likeness (QED) is 0.449. The van der Waals surface area contributed by atoms with E-state index in [9.17, 15) is 4.79 Å². The standard InChI is InChI=1S/C3H6O3.3C/c1-2(4)3(5)6;;;/h3,5-6H,1H3;;;. The Balaban J connectivity index is -0.0000000417. The molecule has 0 aromatic rings. The van der Waals surface area contributed by atoms with Crippen LogP contribution in [0.1, 0.15) is 6.92 Å². The monoisotopic (exact) mass is 126 g/mol. The molecule has 0 aliphatic heterocycles. The maximum Gasteiger partial charge on any atom is 0.212 e. The van der Waals surface area contributed by atoms with Crippen molar-refractivity contribution in [3.8, 4) is 0 Å². The van der Waals surface area contributed by atoms with Crippen molar-refractivity contribution in [3.63, 3.8) is 0 Å². The van der Waals surface area contributed by atoms with E-state index < -0.39 is 12.1 Å². The Morgan fingerprint density at radius 1 is 1.22 bits per heavy atom. The summed E-state index contributed by atoms with van der Waals surface area (Å²) in [6, 6.07) is 0. The molecule has 0 aliphatic rings. The Morgan fingerprint density at radius 3 is 1.33 bits per heavy atom. The Hall–Kier alpha value is -0.410. The minimum Gasteiger partial charge on any atom is -0.362 e. The van der Waals surface area contributed by atoms with Crippen LogP contribution >= 0.6 is 0 Å². The van der Waals surface area contributed by atoms with Crippen molar-refractivity contribution in [1.29, 1.82) is 0 Å². The Bertz CT molecular complexity index is 59.3. The SMILES string of the molecule is CC(=O)C(O)O.[C].[C].[C]. The highest BCUT2D eigenvalue weighted by molar-refractivity contribution is 5.78. The second-order valence-corrected chi connectivity index (χ2v) is 0.984. The lowest BCUT2D eigenvalue weighted by molar-refractivity contribution is -0.142. The summed E-state index contributed by atoms with van der Waals surface area (Å²) >= 11 is 0. The summed E-state index contributed by atoms with van der Waals surface area (Å²) in [4.78, 5) is 9.64. The van der Waals surface area contributed by atoms with Crippen molar-refractivity contribution in [2.24, 2.45) is 0 Å². The molecule has 0 aromatic carbocycles. The number of hydrogen-bond donors (Lipinski definition) is 2. The van der Waals surface area contributed by atoms with Gasteiger partial charge in [0, 0.05) is 22.3 Å². The number of carbonyl (C=O) groups excluding carboxylic acids is 1. The number of carbonyl (C=O) groups is 1. The minimum absolute atomic E-state index is 0. The molecule has 12 radical (unpaired) electrons. The van der Waals surface area contributed by atoms with Gasteiger partial charge in [-0.15, -0.1) is 0 Å². The summed E-state index contributed by atoms with van der Waals surface area (Å²) in [6.45, 7) is 1.10. The molecular formula is C6H6O3. The summed E-state index contributed by atoms with van der Waals surface area (Å²) in [7, 11) is 0. The molecule has 0 atom stereocenters. The Kier molecular flexibility index (Phi) is 27.5. The lowest BCUT2D eigenvalue weighted by atomic mass is 10.4. The highest BCUT2D eigenvalue weighted by atomic mass is 16.5. The van der Waals surface area contributed by atoms with Crippen LogP contribution < -0.4 is 0 Å². The van der Waals surface area contributed by atoms with E-state index in [1.807, 2.05) is 0 Å². The van der Waals surface area contributed by atoms with Gasteiger partial charge in [0.25, 0.3) is 0 Å². The summed E-state index contributed by atoms with van der Waals surface area (Å²) in [5, 5.41) is 15.7. The molecule has 2 N–H and O–H groups in total. The van der Waals surface area contributed by atoms with Crippen LogP contribution in [0.2, 0.25) is 0 Å². The molecule has 0 saturated heterocycles. The molecule has 0 aliphatic carbocycles. The van der Waals surface area contributed by atoms with E-state index >= 15 is 0 Å². The number of Topliss-reactive ketones (excluding diaryl/α,β-unsaturated/α-hetero) is 1. The first-order valence-electron chi connectivity index (χ1n) is 1.51. The highest BCUT2D eigenvalue weighted by Gasteiger charge is 1.99. The van der Waals surface area contributed by atoms with Gasteiger partial charge < -0.3 is 10.2 Å². The van der Waals surface area contributed by atoms with Crippen LogP contribution in [0.3, 0.4) is 0 Å². The maximum atomic E-state index is 9.64. The first kappa shape index (κ1) is 23.5. The van der Waals surface area contributed by atoms with E-state index in [4.69, 9.17) is 10.2 Å². The third-order valence-corrected chi connectivity index (χ3v) is 0.364. The molecule has 0 spiro atoms. The molecular weight excluding hydrogens is 120 g/mol. The molecule has 0 bridgehead atoms. The molecule has 9 heavy (non-hydrogen) atoms. The zero-order valence-electron chi connectivity index (χ0n) is 4.88. The van der Waals surface area contributed by atoms with E-state index in [0.717, 1.165) is 6.92 Å². The normalized spacial score (nSPS) is 6.22. The zero-order valence-corrected chi connectivity index (χ0v) is 4.88. The number of aliphatic hydroxyl groups is 2. The van der Waals surface area contributed by atoms with Crippen molar-refractivity contribution in [2.75, 3.05) is 0 Å². The molecule has 48 valence electrons. The van der Waals surface area contributed by atoms with Gasteiger partial charge in [0.2, 0.25) is 6.29 Å². The van der Waals surface area contributed by atoms with Crippen molar-refractivity contribution < 1.29 is 15.0 Å². The zero-order chi connectivity index (χ0) is 5.15. The average molecular weight is 126 g/mol. The molecule has 0 unspecified atom stereocenters. The van der Waals surface area contributed by atoms with Crippen LogP contribution in [-0.4, -0.2) is 22.3 Å². The first-order chi connectivity index (χ1) is 2.64. The topological polar surface area (TPSA) is 57.5 Å². The van der Waals surface area contributed by atoms with E-state index in [1.165, 1.54) is 0 Å². The fourth-order valence-corrected chi connectivity index (χ4v) is 0. The van der Waals surface area contributed by atoms with Crippen LogP contribution in [-0.2, 0) is 4.79 Å². The fourth-order valence-electron chi connectivity index (χ4n) is 0. The molecule has 0 amide bonds. The fraction of sp³-hybridized carbons (Fsp3) is 0.333. The summed E-state index contributed by atoms with van der Waals surface area (Å²) in [5.41, 5.74) is 0. The molecule has 0 fully saturated rings. The number of rotatable bonds is 1. The lowest BCUT2D eigenvalue weighted by Crippen LogP contribution is -2.14. The number of hydrogen-bond acceptors (Lipinski definition) is 3. The summed E-state index contributed by atoms with van der Waals surface area (Å²) < 4.78 is 0. The Morgan fingerprint density at radius 2 is 1.33 bits per heavy atom. The van der Waals surface area contributed by atoms with Crippen LogP contribution in [0.15, 0.2) is 0 Å². The van der Waals surface area contributed by atoms with Gasteiger partial charge in [-0.2, -0.15) is 0 Å². The second kappa shape index (κ2) is 10.5. The van der Waals surface area contributed by atoms with Gasteiger partial charge in [0.05, 0.1) is 0 Å². The summed E-state index contributed by atoms with van der Waals surface area (Å²) in [6.07, 6.45) is -1.79. The third-order valence-electron chi connectivity index (χ3n) is 0.364. The van der Waals surface area contributed by atoms with Gasteiger partial charge >= 0.3 is 0 Å². The van der Waals surface area contributed by atoms with Gasteiger partial charge in [0.15, 0.2) is 5.78 Å². The van der Waals surface area contributed by atoms with Gasteiger partial charge in [0.1, 0.15) is 0 Å². The van der Waals surface area contributed by atoms with Gasteiger partial charge in [-0.05, 0) is 6.92 Å². The van der Waals surface area contributed by atoms with Crippen molar-refractivity contribution in [3.05, 3.63) is 22.3 Å². The van der Waals surface area contributed by atoms with Crippen LogP contribution in [0.4, 0.5) is 0 Å². The van der Waals surface area contributed by atoms with Gasteiger partial charge in [-0.25, -0.2) is 0 Å². The maximum absolute atomic E-state index is 9.64. The third kappa shape index (κ3) is 18.4. The van der Waals surface area contributed by atoms with Crippen LogP contribution in [0.25, 0.3) is 0 Å². The predicted octanol–water partition coefficient (Wildman–Crippen LogP) is -0.870. The molecule has 0 aromatic heterocycles. The molecule has 3 nitrogen and oxygen atoms in total. The average Bonchev–Trinajstić information content (AvgIpc) is 1.36. The van der Waals surface area contributed by atoms with Crippen molar-refractivity contribution >= 4 is 5.78 Å². The summed E-state index contributed by atoms with van der Waals surface area (Å²) in [5.74, 6) is -0.630. The largest absolute Gasteiger partial charge is 0.362 e. The first-order valence-corrected chi connectivity index (χ1v) is 1.51.